The van der Waals surface area contributed by atoms with Gasteiger partial charge in [-0.1, -0.05) is 6.07 Å². The lowest BCUT2D eigenvalue weighted by atomic mass is 9.87. The highest BCUT2D eigenvalue weighted by atomic mass is 32.1. The van der Waals surface area contributed by atoms with Gasteiger partial charge in [0, 0.05) is 30.4 Å². The number of aromatic nitrogens is 2. The lowest BCUT2D eigenvalue weighted by Crippen LogP contribution is -2.58. The Morgan fingerprint density at radius 3 is 2.92 bits per heavy atom. The monoisotopic (exact) mass is 372 g/mol. The second-order valence-electron chi connectivity index (χ2n) is 6.19. The number of hydrogen-bond donors (Lipinski definition) is 1. The molecule has 0 aliphatic carbocycles. The molecule has 0 aromatic carbocycles. The van der Waals surface area contributed by atoms with Gasteiger partial charge < -0.3 is 9.88 Å². The van der Waals surface area contributed by atoms with Crippen LogP contribution in [0.1, 0.15) is 17.7 Å². The summed E-state index contributed by atoms with van der Waals surface area (Å²) in [5.41, 5.74) is -1.07. The maximum atomic E-state index is 12.7. The Hall–Kier alpha value is -1.87. The zero-order chi connectivity index (χ0) is 17.9. The molecular weight excluding hydrogens is 353 g/mol. The van der Waals surface area contributed by atoms with Gasteiger partial charge in [0.25, 0.3) is 0 Å². The fourth-order valence-corrected chi connectivity index (χ4v) is 4.00. The van der Waals surface area contributed by atoms with Crippen molar-refractivity contribution >= 4 is 17.2 Å². The van der Waals surface area contributed by atoms with Crippen LogP contribution in [-0.4, -0.2) is 46.2 Å². The summed E-state index contributed by atoms with van der Waals surface area (Å²) in [6.07, 6.45) is 1.45. The van der Waals surface area contributed by atoms with Crippen molar-refractivity contribution < 1.29 is 18.0 Å². The van der Waals surface area contributed by atoms with Crippen molar-refractivity contribution in [3.63, 3.8) is 0 Å². The first-order valence-electron chi connectivity index (χ1n) is 7.97. The number of hydrogen-bond acceptors (Lipinski definition) is 4. The Labute approximate surface area is 147 Å². The average molecular weight is 372 g/mol. The van der Waals surface area contributed by atoms with Gasteiger partial charge in [-0.2, -0.15) is 13.2 Å². The number of carbonyl (C=O) groups is 1. The molecule has 2 aromatic heterocycles. The smallest absolute Gasteiger partial charge is 0.345 e. The van der Waals surface area contributed by atoms with Crippen LogP contribution in [0.3, 0.4) is 0 Å². The third-order valence-electron chi connectivity index (χ3n) is 4.38. The Bertz CT molecular complexity index is 687. The minimum atomic E-state index is -4.43. The highest BCUT2D eigenvalue weighted by Crippen LogP contribution is 2.31. The van der Waals surface area contributed by atoms with Crippen molar-refractivity contribution in [2.45, 2.75) is 31.1 Å². The summed E-state index contributed by atoms with van der Waals surface area (Å²) in [5, 5.41) is 4.05. The first-order chi connectivity index (χ1) is 11.9. The predicted molar refractivity (Wildman–Crippen MR) is 88.1 cm³/mol. The van der Waals surface area contributed by atoms with E-state index in [9.17, 15) is 18.0 Å². The predicted octanol–water partition coefficient (Wildman–Crippen LogP) is 2.61. The summed E-state index contributed by atoms with van der Waals surface area (Å²) in [7, 11) is 0. The second-order valence-corrected chi connectivity index (χ2v) is 7.23. The number of imidazole rings is 1. The Morgan fingerprint density at radius 2 is 2.28 bits per heavy atom. The molecule has 2 aromatic rings. The normalized spacial score (nSPS) is 22.0. The van der Waals surface area contributed by atoms with Crippen LogP contribution in [0, 0.1) is 0 Å². The largest absolute Gasteiger partial charge is 0.405 e. The SMILES string of the molecule is O=C(NCC(F)(F)F)C1(n2ccnc2)CCCN(Cc2cccs2)C1. The van der Waals surface area contributed by atoms with E-state index in [1.807, 2.05) is 17.5 Å². The van der Waals surface area contributed by atoms with Crippen LogP contribution in [-0.2, 0) is 16.9 Å². The molecule has 1 aliphatic heterocycles. The maximum absolute atomic E-state index is 12.7. The van der Waals surface area contributed by atoms with E-state index in [4.69, 9.17) is 0 Å². The van der Waals surface area contributed by atoms with E-state index in [1.54, 1.807) is 22.1 Å². The quantitative estimate of drug-likeness (QED) is 0.878. The van der Waals surface area contributed by atoms with Crippen LogP contribution < -0.4 is 5.32 Å². The van der Waals surface area contributed by atoms with Crippen molar-refractivity contribution in [1.29, 1.82) is 0 Å². The summed E-state index contributed by atoms with van der Waals surface area (Å²) in [6, 6.07) is 3.98. The molecule has 0 saturated carbocycles. The third kappa shape index (κ3) is 4.21. The van der Waals surface area contributed by atoms with Crippen molar-refractivity contribution in [3.05, 3.63) is 41.1 Å². The second kappa shape index (κ2) is 7.17. The van der Waals surface area contributed by atoms with Crippen LogP contribution in [0.5, 0.6) is 0 Å². The van der Waals surface area contributed by atoms with Gasteiger partial charge in [-0.15, -0.1) is 11.3 Å². The molecule has 1 atom stereocenters. The van der Waals surface area contributed by atoms with Crippen molar-refractivity contribution in [2.24, 2.45) is 0 Å². The van der Waals surface area contributed by atoms with Gasteiger partial charge in [0.2, 0.25) is 5.91 Å². The summed E-state index contributed by atoms with van der Waals surface area (Å²) < 4.78 is 39.2. The molecule has 9 heteroatoms. The van der Waals surface area contributed by atoms with Gasteiger partial charge in [0.15, 0.2) is 0 Å². The molecule has 1 saturated heterocycles. The molecule has 136 valence electrons. The molecule has 1 amide bonds. The molecule has 1 fully saturated rings. The number of likely N-dealkylation sites (tertiary alicyclic amines) is 1. The first kappa shape index (κ1) is 17.9. The molecule has 1 aliphatic rings. The van der Waals surface area contributed by atoms with Crippen molar-refractivity contribution in [3.8, 4) is 0 Å². The van der Waals surface area contributed by atoms with Gasteiger partial charge in [-0.3, -0.25) is 9.69 Å². The lowest BCUT2D eigenvalue weighted by Gasteiger charge is -2.42. The fourth-order valence-electron chi connectivity index (χ4n) is 3.25. The number of rotatable bonds is 5. The molecule has 0 bridgehead atoms. The highest BCUT2D eigenvalue weighted by molar-refractivity contribution is 7.09. The third-order valence-corrected chi connectivity index (χ3v) is 5.24. The Kier molecular flexibility index (Phi) is 5.14. The first-order valence-corrected chi connectivity index (χ1v) is 8.85. The number of halogens is 3. The van der Waals surface area contributed by atoms with Gasteiger partial charge >= 0.3 is 6.18 Å². The lowest BCUT2D eigenvalue weighted by molar-refractivity contribution is -0.146. The molecule has 3 heterocycles. The fraction of sp³-hybridized carbons (Fsp3) is 0.500. The minimum Gasteiger partial charge on any atom is -0.345 e. The van der Waals surface area contributed by atoms with E-state index >= 15 is 0 Å². The van der Waals surface area contributed by atoms with E-state index in [0.717, 1.165) is 17.8 Å². The number of amides is 1. The van der Waals surface area contributed by atoms with Crippen molar-refractivity contribution in [1.82, 2.24) is 19.8 Å². The number of carbonyl (C=O) groups excluding carboxylic acids is 1. The van der Waals surface area contributed by atoms with E-state index in [1.165, 1.54) is 12.5 Å². The van der Waals surface area contributed by atoms with Crippen LogP contribution >= 0.6 is 11.3 Å². The van der Waals surface area contributed by atoms with Crippen molar-refractivity contribution in [2.75, 3.05) is 19.6 Å². The van der Waals surface area contributed by atoms with E-state index < -0.39 is 24.2 Å². The minimum absolute atomic E-state index is 0.352. The standard InChI is InChI=1S/C16H19F3N4OS/c17-16(18,19)10-21-14(24)15(23-7-5-20-12-23)4-2-6-22(11-15)9-13-3-1-8-25-13/h1,3,5,7-8,12H,2,4,6,9-11H2,(H,21,24). The molecule has 25 heavy (non-hydrogen) atoms. The molecule has 3 rings (SSSR count). The van der Waals surface area contributed by atoms with Crippen LogP contribution in [0.15, 0.2) is 36.2 Å². The van der Waals surface area contributed by atoms with Crippen LogP contribution in [0.2, 0.25) is 0 Å². The number of alkyl halides is 3. The number of thiophene rings is 1. The topological polar surface area (TPSA) is 50.2 Å². The highest BCUT2D eigenvalue weighted by Gasteiger charge is 2.44. The summed E-state index contributed by atoms with van der Waals surface area (Å²) in [5.74, 6) is -0.612. The Balaban J connectivity index is 1.80. The number of piperidine rings is 1. The Morgan fingerprint density at radius 1 is 1.44 bits per heavy atom. The number of nitrogens with one attached hydrogen (secondary N) is 1. The van der Waals surface area contributed by atoms with Gasteiger partial charge in [0.05, 0.1) is 6.33 Å². The van der Waals surface area contributed by atoms with Crippen LogP contribution in [0.4, 0.5) is 13.2 Å². The maximum Gasteiger partial charge on any atom is 0.405 e. The van der Waals surface area contributed by atoms with E-state index in [2.05, 4.69) is 15.2 Å². The molecule has 1 unspecified atom stereocenters. The molecular formula is C16H19F3N4OS. The summed E-state index contributed by atoms with van der Waals surface area (Å²) in [6.45, 7) is 0.514. The molecule has 0 spiro atoms. The zero-order valence-corrected chi connectivity index (χ0v) is 14.3. The zero-order valence-electron chi connectivity index (χ0n) is 13.5. The van der Waals surface area contributed by atoms with E-state index in [-0.39, 0.29) is 0 Å². The average Bonchev–Trinajstić information content (AvgIpc) is 3.25. The van der Waals surface area contributed by atoms with Gasteiger partial charge in [-0.25, -0.2) is 4.98 Å². The van der Waals surface area contributed by atoms with Gasteiger partial charge in [0.1, 0.15) is 12.1 Å². The van der Waals surface area contributed by atoms with Gasteiger partial charge in [-0.05, 0) is 30.8 Å². The molecule has 5 nitrogen and oxygen atoms in total. The summed E-state index contributed by atoms with van der Waals surface area (Å²) >= 11 is 1.63. The molecule has 1 N–H and O–H groups in total. The van der Waals surface area contributed by atoms with E-state index in [0.29, 0.717) is 19.5 Å². The number of nitrogens with zero attached hydrogens (tertiary/aromatic N) is 3. The van der Waals surface area contributed by atoms with Crippen LogP contribution in [0.25, 0.3) is 0 Å². The summed E-state index contributed by atoms with van der Waals surface area (Å²) in [4.78, 5) is 20.0. The molecule has 0 radical (unpaired) electrons.